The molecule has 0 bridgehead atoms. The molecule has 0 fully saturated rings. The minimum Gasteiger partial charge on any atom is -0.462 e. The van der Waals surface area contributed by atoms with Crippen LogP contribution >= 0.6 is 23.1 Å². The van der Waals surface area contributed by atoms with Gasteiger partial charge in [-0.05, 0) is 56.4 Å². The summed E-state index contributed by atoms with van der Waals surface area (Å²) < 4.78 is 35.2. The molecule has 5 rings (SSSR count). The zero-order valence-electron chi connectivity index (χ0n) is 23.1. The van der Waals surface area contributed by atoms with Crippen molar-refractivity contribution in [1.82, 2.24) is 9.88 Å². The number of aryl methyl sites for hydroxylation is 1. The van der Waals surface area contributed by atoms with Crippen LogP contribution in [0.25, 0.3) is 10.9 Å². The maximum atomic E-state index is 14.0. The van der Waals surface area contributed by atoms with Gasteiger partial charge in [0.2, 0.25) is 5.91 Å². The summed E-state index contributed by atoms with van der Waals surface area (Å²) in [5, 5.41) is 7.04. The van der Waals surface area contributed by atoms with Crippen LogP contribution in [0.2, 0.25) is 0 Å². The number of hydrogen-bond acceptors (Lipinski definition) is 6. The Kier molecular flexibility index (Phi) is 9.58. The molecule has 2 aromatic carbocycles. The van der Waals surface area contributed by atoms with Crippen LogP contribution in [0, 0.1) is 11.6 Å². The summed E-state index contributed by atoms with van der Waals surface area (Å²) in [6.45, 7) is 2.54. The van der Waals surface area contributed by atoms with Gasteiger partial charge in [-0.1, -0.05) is 30.7 Å². The molecule has 0 radical (unpaired) electrons. The number of benzene rings is 2. The average Bonchev–Trinajstić information content (AvgIpc) is 3.40. The average molecular weight is 612 g/mol. The molecule has 1 aliphatic rings. The van der Waals surface area contributed by atoms with Crippen LogP contribution in [0.1, 0.15) is 57.3 Å². The van der Waals surface area contributed by atoms with Crippen molar-refractivity contribution in [3.05, 3.63) is 81.9 Å². The lowest BCUT2D eigenvalue weighted by molar-refractivity contribution is -0.113. The van der Waals surface area contributed by atoms with E-state index in [2.05, 4.69) is 10.6 Å². The van der Waals surface area contributed by atoms with E-state index in [0.29, 0.717) is 17.1 Å². The number of para-hydroxylation sites is 1. The van der Waals surface area contributed by atoms with Gasteiger partial charge in [-0.3, -0.25) is 9.59 Å². The Morgan fingerprint density at radius 1 is 1.00 bits per heavy atom. The first kappa shape index (κ1) is 29.8. The van der Waals surface area contributed by atoms with Crippen molar-refractivity contribution in [2.75, 3.05) is 24.2 Å². The topological polar surface area (TPSA) is 89.4 Å². The van der Waals surface area contributed by atoms with Crippen molar-refractivity contribution < 1.29 is 27.9 Å². The highest BCUT2D eigenvalue weighted by Gasteiger charge is 2.27. The van der Waals surface area contributed by atoms with E-state index in [4.69, 9.17) is 4.74 Å². The molecule has 0 aliphatic heterocycles. The second-order valence-corrected chi connectivity index (χ2v) is 12.0. The number of nitrogens with zero attached hydrogens (tertiary/aromatic N) is 1. The normalized spacial score (nSPS) is 12.9. The van der Waals surface area contributed by atoms with Gasteiger partial charge in [-0.25, -0.2) is 13.6 Å². The minimum absolute atomic E-state index is 0.127. The number of ether oxygens (including phenoxy) is 1. The number of carbonyl (C=O) groups excluding carboxylic acids is 3. The third-order valence-corrected chi connectivity index (χ3v) is 9.34. The maximum absolute atomic E-state index is 14.0. The molecule has 2 amide bonds. The number of halogens is 2. The van der Waals surface area contributed by atoms with Crippen LogP contribution in [0.3, 0.4) is 0 Å². The Hall–Kier alpha value is -3.70. The first-order valence-electron chi connectivity index (χ1n) is 13.9. The number of anilines is 1. The summed E-state index contributed by atoms with van der Waals surface area (Å²) in [6, 6.07) is 11.0. The SMILES string of the molecule is CCOC(=O)c1c(NC(=O)CSc2cn(CCNC(=O)c3c(F)cccc3F)c3ccccc23)sc2c1CCCCC2. The number of esters is 1. The first-order valence-corrected chi connectivity index (χ1v) is 15.7. The van der Waals surface area contributed by atoms with Crippen molar-refractivity contribution in [3.63, 3.8) is 0 Å². The van der Waals surface area contributed by atoms with Gasteiger partial charge in [0.25, 0.3) is 5.91 Å². The fourth-order valence-electron chi connectivity index (χ4n) is 5.16. The van der Waals surface area contributed by atoms with Crippen LogP contribution in [-0.2, 0) is 28.9 Å². The van der Waals surface area contributed by atoms with E-state index in [9.17, 15) is 23.2 Å². The smallest absolute Gasteiger partial charge is 0.341 e. The number of hydrogen-bond donors (Lipinski definition) is 2. The molecule has 2 N–H and O–H groups in total. The highest BCUT2D eigenvalue weighted by molar-refractivity contribution is 8.00. The summed E-state index contributed by atoms with van der Waals surface area (Å²) in [6.07, 6.45) is 6.79. The quantitative estimate of drug-likeness (QED) is 0.120. The summed E-state index contributed by atoms with van der Waals surface area (Å²) >= 11 is 2.84. The zero-order chi connectivity index (χ0) is 29.6. The van der Waals surface area contributed by atoms with E-state index in [0.717, 1.165) is 70.5 Å². The first-order chi connectivity index (χ1) is 20.4. The predicted octanol–water partition coefficient (Wildman–Crippen LogP) is 6.59. The summed E-state index contributed by atoms with van der Waals surface area (Å²) in [7, 11) is 0. The molecule has 1 aliphatic carbocycles. The summed E-state index contributed by atoms with van der Waals surface area (Å²) in [5.41, 5.74) is 1.79. The van der Waals surface area contributed by atoms with Crippen LogP contribution in [-0.4, -0.2) is 41.3 Å². The molecular formula is C31H31F2N3O4S2. The second-order valence-electron chi connectivity index (χ2n) is 9.88. The fourth-order valence-corrected chi connectivity index (χ4v) is 7.34. The highest BCUT2D eigenvalue weighted by atomic mass is 32.2. The molecule has 4 aromatic rings. The second kappa shape index (κ2) is 13.5. The van der Waals surface area contributed by atoms with Crippen molar-refractivity contribution in [2.45, 2.75) is 50.5 Å². The number of amides is 2. The number of rotatable bonds is 10. The number of fused-ring (bicyclic) bond motifs is 2. The molecule has 11 heteroatoms. The number of carbonyl (C=O) groups is 3. The summed E-state index contributed by atoms with van der Waals surface area (Å²) in [5.74, 6) is -3.14. The lowest BCUT2D eigenvalue weighted by Crippen LogP contribution is -2.28. The minimum atomic E-state index is -0.913. The monoisotopic (exact) mass is 611 g/mol. The van der Waals surface area contributed by atoms with Gasteiger partial charge in [0.1, 0.15) is 22.2 Å². The van der Waals surface area contributed by atoms with E-state index >= 15 is 0 Å². The third-order valence-electron chi connectivity index (χ3n) is 7.09. The number of thiophene rings is 1. The van der Waals surface area contributed by atoms with E-state index < -0.39 is 29.1 Å². The number of aromatic nitrogens is 1. The van der Waals surface area contributed by atoms with Gasteiger partial charge in [0, 0.05) is 40.0 Å². The molecular weight excluding hydrogens is 580 g/mol. The highest BCUT2D eigenvalue weighted by Crippen LogP contribution is 2.38. The van der Waals surface area contributed by atoms with Crippen molar-refractivity contribution in [1.29, 1.82) is 0 Å². The van der Waals surface area contributed by atoms with Crippen LogP contribution in [0.4, 0.5) is 13.8 Å². The maximum Gasteiger partial charge on any atom is 0.341 e. The Morgan fingerprint density at radius 3 is 2.55 bits per heavy atom. The Morgan fingerprint density at radius 2 is 1.76 bits per heavy atom. The van der Waals surface area contributed by atoms with Gasteiger partial charge in [0.05, 0.1) is 17.9 Å². The Balaban J connectivity index is 1.26. The van der Waals surface area contributed by atoms with E-state index in [1.54, 1.807) is 6.92 Å². The molecule has 0 saturated heterocycles. The van der Waals surface area contributed by atoms with E-state index in [-0.39, 0.29) is 24.8 Å². The van der Waals surface area contributed by atoms with Crippen LogP contribution in [0.5, 0.6) is 0 Å². The lowest BCUT2D eigenvalue weighted by Gasteiger charge is -2.09. The van der Waals surface area contributed by atoms with Crippen molar-refractivity contribution >= 4 is 56.8 Å². The Bertz CT molecular complexity index is 1610. The van der Waals surface area contributed by atoms with Crippen LogP contribution in [0.15, 0.2) is 53.6 Å². The van der Waals surface area contributed by atoms with E-state index in [1.165, 1.54) is 29.2 Å². The molecule has 0 atom stereocenters. The van der Waals surface area contributed by atoms with Gasteiger partial charge in [-0.15, -0.1) is 23.1 Å². The molecule has 0 spiro atoms. The van der Waals surface area contributed by atoms with Crippen molar-refractivity contribution in [2.24, 2.45) is 0 Å². The predicted molar refractivity (Wildman–Crippen MR) is 162 cm³/mol. The molecule has 7 nitrogen and oxygen atoms in total. The van der Waals surface area contributed by atoms with Crippen LogP contribution < -0.4 is 10.6 Å². The van der Waals surface area contributed by atoms with Gasteiger partial charge < -0.3 is 19.9 Å². The fraction of sp³-hybridized carbons (Fsp3) is 0.323. The number of thioether (sulfide) groups is 1. The largest absolute Gasteiger partial charge is 0.462 e. The number of nitrogens with one attached hydrogen (secondary N) is 2. The molecule has 0 unspecified atom stereocenters. The molecule has 0 saturated carbocycles. The lowest BCUT2D eigenvalue weighted by atomic mass is 10.1. The zero-order valence-corrected chi connectivity index (χ0v) is 24.8. The summed E-state index contributed by atoms with van der Waals surface area (Å²) in [4.78, 5) is 40.3. The van der Waals surface area contributed by atoms with Gasteiger partial charge in [0.15, 0.2) is 0 Å². The molecule has 2 aromatic heterocycles. The standard InChI is InChI=1S/C31H31F2N3O4S2/c1-2-40-31(39)27-20-10-4-3-5-14-24(20)42-30(27)35-26(37)18-41-25-17-36(23-13-7-6-9-19(23)25)16-15-34-29(38)28-21(32)11-8-12-22(28)33/h6-9,11-13,17H,2-5,10,14-16,18H2,1H3,(H,34,38)(H,35,37). The Labute approximate surface area is 250 Å². The molecule has 2 heterocycles. The van der Waals surface area contributed by atoms with E-state index in [1.807, 2.05) is 35.0 Å². The van der Waals surface area contributed by atoms with Gasteiger partial charge in [-0.2, -0.15) is 0 Å². The molecule has 220 valence electrons. The molecule has 42 heavy (non-hydrogen) atoms. The van der Waals surface area contributed by atoms with Crippen molar-refractivity contribution in [3.8, 4) is 0 Å². The third kappa shape index (κ3) is 6.52. The van der Waals surface area contributed by atoms with Gasteiger partial charge >= 0.3 is 5.97 Å².